The summed E-state index contributed by atoms with van der Waals surface area (Å²) < 4.78 is 4.01. The third kappa shape index (κ3) is 2.50. The molecule has 0 amide bonds. The molecule has 0 radical (unpaired) electrons. The molecule has 2 aromatic heterocycles. The lowest BCUT2D eigenvalue weighted by Gasteiger charge is -2.18. The van der Waals surface area contributed by atoms with Crippen LogP contribution in [0.25, 0.3) is 0 Å². The minimum absolute atomic E-state index is 0.147. The maximum atomic E-state index is 4.21. The molecular weight excluding hydrogens is 232 g/mol. The number of hydrogen-bond acceptors (Lipinski definition) is 5. The second-order valence-corrected chi connectivity index (χ2v) is 4.73. The van der Waals surface area contributed by atoms with E-state index in [1.807, 2.05) is 25.4 Å². The van der Waals surface area contributed by atoms with E-state index < -0.39 is 0 Å². The fourth-order valence-electron chi connectivity index (χ4n) is 1.83. The van der Waals surface area contributed by atoms with E-state index in [1.165, 1.54) is 27.5 Å². The van der Waals surface area contributed by atoms with E-state index in [9.17, 15) is 0 Å². The molecule has 0 bridgehead atoms. The van der Waals surface area contributed by atoms with Crippen molar-refractivity contribution in [3.8, 4) is 0 Å². The highest BCUT2D eigenvalue weighted by molar-refractivity contribution is 7.05. The highest BCUT2D eigenvalue weighted by atomic mass is 32.1. The number of hydrogen-bond donors (Lipinski definition) is 1. The average molecular weight is 248 g/mol. The highest BCUT2D eigenvalue weighted by Gasteiger charge is 2.19. The van der Waals surface area contributed by atoms with Crippen molar-refractivity contribution in [3.05, 3.63) is 40.2 Å². The third-order valence-corrected chi connectivity index (χ3v) is 3.64. The third-order valence-electron chi connectivity index (χ3n) is 2.75. The van der Waals surface area contributed by atoms with Gasteiger partial charge in [0.25, 0.3) is 0 Å². The first-order chi connectivity index (χ1) is 8.24. The molecule has 1 N–H and O–H groups in total. The standard InChI is InChI=1S/C12H16N4S/c1-4-14-11(12-9(3)15-16-17-12)10-7-13-6-5-8(10)2/h5-7,11,14H,4H2,1-3H3. The summed E-state index contributed by atoms with van der Waals surface area (Å²) in [7, 11) is 0. The van der Waals surface area contributed by atoms with Crippen molar-refractivity contribution < 1.29 is 0 Å². The Bertz CT molecular complexity index is 495. The van der Waals surface area contributed by atoms with Crippen LogP contribution < -0.4 is 5.32 Å². The van der Waals surface area contributed by atoms with Crippen LogP contribution in [0.1, 0.15) is 34.7 Å². The summed E-state index contributed by atoms with van der Waals surface area (Å²) in [6.45, 7) is 7.10. The molecule has 0 aliphatic carbocycles. The molecule has 0 aliphatic rings. The Kier molecular flexibility index (Phi) is 3.81. The van der Waals surface area contributed by atoms with Gasteiger partial charge in [0.05, 0.1) is 16.6 Å². The van der Waals surface area contributed by atoms with Gasteiger partial charge in [-0.25, -0.2) is 0 Å². The van der Waals surface area contributed by atoms with Gasteiger partial charge in [-0.05, 0) is 49.1 Å². The minimum atomic E-state index is 0.147. The first-order valence-corrected chi connectivity index (χ1v) is 6.44. The average Bonchev–Trinajstić information content (AvgIpc) is 2.74. The predicted molar refractivity (Wildman–Crippen MR) is 69.1 cm³/mol. The molecule has 2 rings (SSSR count). The second kappa shape index (κ2) is 5.33. The number of nitrogens with zero attached hydrogens (tertiary/aromatic N) is 3. The number of pyridine rings is 1. The zero-order chi connectivity index (χ0) is 12.3. The quantitative estimate of drug-likeness (QED) is 0.901. The summed E-state index contributed by atoms with van der Waals surface area (Å²) in [5.41, 5.74) is 3.42. The Morgan fingerprint density at radius 1 is 1.41 bits per heavy atom. The topological polar surface area (TPSA) is 50.7 Å². The van der Waals surface area contributed by atoms with Crippen molar-refractivity contribution in [2.75, 3.05) is 6.54 Å². The number of rotatable bonds is 4. The molecule has 5 heteroatoms. The predicted octanol–water partition coefficient (Wildman–Crippen LogP) is 2.25. The molecule has 0 aromatic carbocycles. The maximum absolute atomic E-state index is 4.21. The van der Waals surface area contributed by atoms with E-state index in [-0.39, 0.29) is 6.04 Å². The Balaban J connectivity index is 2.43. The lowest BCUT2D eigenvalue weighted by molar-refractivity contribution is 0.630. The normalized spacial score (nSPS) is 12.6. The number of aromatic nitrogens is 3. The first-order valence-electron chi connectivity index (χ1n) is 5.66. The van der Waals surface area contributed by atoms with Crippen LogP contribution in [0.15, 0.2) is 18.5 Å². The van der Waals surface area contributed by atoms with Crippen molar-refractivity contribution in [1.29, 1.82) is 0 Å². The van der Waals surface area contributed by atoms with E-state index in [4.69, 9.17) is 0 Å². The zero-order valence-electron chi connectivity index (χ0n) is 10.3. The molecule has 0 saturated carbocycles. The fourth-order valence-corrected chi connectivity index (χ4v) is 2.57. The van der Waals surface area contributed by atoms with Crippen LogP contribution in [0.3, 0.4) is 0 Å². The molecular formula is C12H16N4S. The second-order valence-electron chi connectivity index (χ2n) is 3.95. The van der Waals surface area contributed by atoms with Crippen LogP contribution >= 0.6 is 11.5 Å². The van der Waals surface area contributed by atoms with Crippen molar-refractivity contribution in [2.24, 2.45) is 0 Å². The summed E-state index contributed by atoms with van der Waals surface area (Å²) in [4.78, 5) is 5.38. The minimum Gasteiger partial charge on any atom is -0.306 e. The molecule has 4 nitrogen and oxygen atoms in total. The maximum Gasteiger partial charge on any atom is 0.0776 e. The Morgan fingerprint density at radius 3 is 2.82 bits per heavy atom. The van der Waals surface area contributed by atoms with Crippen LogP contribution in [0.5, 0.6) is 0 Å². The van der Waals surface area contributed by atoms with Crippen LogP contribution in [0, 0.1) is 13.8 Å². The monoisotopic (exact) mass is 248 g/mol. The van der Waals surface area contributed by atoms with Gasteiger partial charge in [-0.2, -0.15) is 0 Å². The lowest BCUT2D eigenvalue weighted by Crippen LogP contribution is -2.22. The SMILES string of the molecule is CCNC(c1cnccc1C)c1snnc1C. The van der Waals surface area contributed by atoms with Crippen LogP contribution in [0.4, 0.5) is 0 Å². The van der Waals surface area contributed by atoms with E-state index in [2.05, 4.69) is 33.7 Å². The van der Waals surface area contributed by atoms with E-state index in [1.54, 1.807) is 0 Å². The zero-order valence-corrected chi connectivity index (χ0v) is 11.1. The highest BCUT2D eigenvalue weighted by Crippen LogP contribution is 2.27. The summed E-state index contributed by atoms with van der Waals surface area (Å²) in [5.74, 6) is 0. The van der Waals surface area contributed by atoms with Gasteiger partial charge >= 0.3 is 0 Å². The summed E-state index contributed by atoms with van der Waals surface area (Å²) in [6, 6.07) is 2.18. The summed E-state index contributed by atoms with van der Waals surface area (Å²) >= 11 is 1.45. The summed E-state index contributed by atoms with van der Waals surface area (Å²) in [6.07, 6.45) is 3.74. The van der Waals surface area contributed by atoms with Gasteiger partial charge < -0.3 is 5.32 Å². The van der Waals surface area contributed by atoms with Crippen LogP contribution in [0.2, 0.25) is 0 Å². The molecule has 1 atom stereocenters. The molecule has 2 heterocycles. The van der Waals surface area contributed by atoms with Gasteiger partial charge in [0.2, 0.25) is 0 Å². The largest absolute Gasteiger partial charge is 0.306 e. The molecule has 90 valence electrons. The molecule has 0 fully saturated rings. The van der Waals surface area contributed by atoms with E-state index in [0.29, 0.717) is 0 Å². The first kappa shape index (κ1) is 12.1. The molecule has 17 heavy (non-hydrogen) atoms. The van der Waals surface area contributed by atoms with Crippen molar-refractivity contribution in [2.45, 2.75) is 26.8 Å². The van der Waals surface area contributed by atoms with E-state index >= 15 is 0 Å². The van der Waals surface area contributed by atoms with E-state index in [0.717, 1.165) is 12.2 Å². The van der Waals surface area contributed by atoms with Gasteiger partial charge in [0, 0.05) is 12.4 Å². The lowest BCUT2D eigenvalue weighted by atomic mass is 10.0. The van der Waals surface area contributed by atoms with Gasteiger partial charge in [-0.3, -0.25) is 4.98 Å². The Labute approximate surface area is 105 Å². The fraction of sp³-hybridized carbons (Fsp3) is 0.417. The van der Waals surface area contributed by atoms with Gasteiger partial charge in [0.15, 0.2) is 0 Å². The van der Waals surface area contributed by atoms with Crippen LogP contribution in [-0.4, -0.2) is 21.1 Å². The van der Waals surface area contributed by atoms with Gasteiger partial charge in [-0.1, -0.05) is 11.4 Å². The van der Waals surface area contributed by atoms with Crippen molar-refractivity contribution in [1.82, 2.24) is 19.9 Å². The smallest absolute Gasteiger partial charge is 0.0776 e. The number of nitrogens with one attached hydrogen (secondary N) is 1. The Morgan fingerprint density at radius 2 is 2.24 bits per heavy atom. The Hall–Kier alpha value is -1.33. The molecule has 0 aliphatic heterocycles. The molecule has 0 saturated heterocycles. The summed E-state index contributed by atoms with van der Waals surface area (Å²) in [5, 5.41) is 7.56. The molecule has 0 spiro atoms. The van der Waals surface area contributed by atoms with Gasteiger partial charge in [-0.15, -0.1) is 5.10 Å². The molecule has 2 aromatic rings. The molecule has 1 unspecified atom stereocenters. The van der Waals surface area contributed by atoms with Crippen molar-refractivity contribution in [3.63, 3.8) is 0 Å². The number of aryl methyl sites for hydroxylation is 2. The van der Waals surface area contributed by atoms with Gasteiger partial charge in [0.1, 0.15) is 0 Å². The van der Waals surface area contributed by atoms with Crippen LogP contribution in [-0.2, 0) is 0 Å². The van der Waals surface area contributed by atoms with Crippen molar-refractivity contribution >= 4 is 11.5 Å².